The van der Waals surface area contributed by atoms with Crippen molar-refractivity contribution in [3.05, 3.63) is 71.0 Å². The van der Waals surface area contributed by atoms with E-state index in [0.29, 0.717) is 44.5 Å². The molecule has 0 amide bonds. The lowest BCUT2D eigenvalue weighted by Gasteiger charge is -2.34. The number of rotatable bonds is 14. The zero-order chi connectivity index (χ0) is 36.2. The van der Waals surface area contributed by atoms with Crippen molar-refractivity contribution in [3.63, 3.8) is 0 Å². The Balaban J connectivity index is 1.34. The Morgan fingerprint density at radius 3 is 2.57 bits per heavy atom. The molecule has 1 fully saturated rings. The largest absolute Gasteiger partial charge is 0.586 e. The van der Waals surface area contributed by atoms with Gasteiger partial charge < -0.3 is 40.2 Å². The molecule has 15 nitrogen and oxygen atoms in total. The van der Waals surface area contributed by atoms with E-state index in [4.69, 9.17) is 36.3 Å². The van der Waals surface area contributed by atoms with Crippen LogP contribution in [0.4, 0.5) is 32.1 Å². The minimum atomic E-state index is -3.89. The average Bonchev–Trinajstić information content (AvgIpc) is 3.44. The van der Waals surface area contributed by atoms with Crippen LogP contribution in [0.2, 0.25) is 5.02 Å². The Morgan fingerprint density at radius 1 is 1.04 bits per heavy atom. The molecule has 0 aliphatic carbocycles. The van der Waals surface area contributed by atoms with Gasteiger partial charge in [0.15, 0.2) is 21.3 Å². The molecule has 272 valence electrons. The van der Waals surface area contributed by atoms with Gasteiger partial charge in [0.2, 0.25) is 11.9 Å². The maximum absolute atomic E-state index is 14.3. The predicted octanol–water partition coefficient (Wildman–Crippen LogP) is 3.70. The summed E-state index contributed by atoms with van der Waals surface area (Å²) in [7, 11) is -2.25. The number of pyridine rings is 1. The normalized spacial score (nSPS) is 16.2. The number of halogens is 3. The van der Waals surface area contributed by atoms with Crippen LogP contribution in [0.1, 0.15) is 17.3 Å². The fourth-order valence-corrected chi connectivity index (χ4v) is 6.44. The van der Waals surface area contributed by atoms with Crippen molar-refractivity contribution in [2.75, 3.05) is 81.4 Å². The van der Waals surface area contributed by atoms with E-state index >= 15 is 0 Å². The van der Waals surface area contributed by atoms with E-state index in [-0.39, 0.29) is 50.3 Å². The molecule has 2 aliphatic heterocycles. The van der Waals surface area contributed by atoms with Crippen molar-refractivity contribution >= 4 is 44.7 Å². The second-order valence-corrected chi connectivity index (χ2v) is 14.0. The maximum Gasteiger partial charge on any atom is 0.586 e. The number of hydrogen-bond donors (Lipinski definition) is 3. The summed E-state index contributed by atoms with van der Waals surface area (Å²) in [6.45, 7) is 5.08. The predicted molar refractivity (Wildman–Crippen MR) is 185 cm³/mol. The van der Waals surface area contributed by atoms with Crippen molar-refractivity contribution in [3.8, 4) is 17.5 Å². The van der Waals surface area contributed by atoms with Gasteiger partial charge in [0.25, 0.3) is 0 Å². The fraction of sp³-hybridized carbons (Fsp3) is 0.375. The second-order valence-electron chi connectivity index (χ2n) is 11.6. The summed E-state index contributed by atoms with van der Waals surface area (Å²) in [6.07, 6.45) is -1.30. The first kappa shape index (κ1) is 36.2. The van der Waals surface area contributed by atoms with E-state index in [0.717, 1.165) is 25.9 Å². The molecule has 0 radical (unpaired) electrons. The number of nitrogens with zero attached hydrogens (tertiary/aromatic N) is 6. The number of ether oxygens (including phenoxy) is 4. The number of fused-ring (bicyclic) bond motifs is 1. The van der Waals surface area contributed by atoms with Crippen molar-refractivity contribution in [2.45, 2.75) is 17.2 Å². The molecule has 4 aromatic rings. The molecule has 1 atom stereocenters. The molecule has 1 saturated heterocycles. The van der Waals surface area contributed by atoms with Gasteiger partial charge in [-0.2, -0.15) is 15.0 Å². The van der Waals surface area contributed by atoms with E-state index in [9.17, 15) is 17.2 Å². The van der Waals surface area contributed by atoms with E-state index in [1.165, 1.54) is 43.6 Å². The van der Waals surface area contributed by atoms with Crippen LogP contribution in [-0.2, 0) is 14.6 Å². The highest BCUT2D eigenvalue weighted by atomic mass is 35.5. The maximum atomic E-state index is 14.3. The minimum absolute atomic E-state index is 0.00671. The third-order valence-corrected chi connectivity index (χ3v) is 9.48. The molecule has 2 aromatic heterocycles. The van der Waals surface area contributed by atoms with Crippen LogP contribution in [-0.4, -0.2) is 105 Å². The summed E-state index contributed by atoms with van der Waals surface area (Å²) in [5.41, 5.74) is 6.56. The Morgan fingerprint density at radius 2 is 1.84 bits per heavy atom. The monoisotopic (exact) mass is 747 g/mol. The Hall–Kier alpha value is -4.62. The van der Waals surface area contributed by atoms with Crippen LogP contribution >= 0.6 is 11.6 Å². The summed E-state index contributed by atoms with van der Waals surface area (Å²) >= 11 is 6.59. The number of nitrogens with two attached hydrogens (primary N) is 1. The van der Waals surface area contributed by atoms with Gasteiger partial charge in [0.1, 0.15) is 0 Å². The number of para-hydroxylation sites is 1. The third-order valence-electron chi connectivity index (χ3n) is 8.05. The standard InChI is InChI=1S/C32H36ClF2N9O6S/c1-47-31-41-29(40-30(42-31)44-14-12-43(13-15-44)16-18-48-17-10-36)39-24-19-20(51(2,45)46)8-9-23(24)38-26(27-22(33)6-4-11-37-27)21-5-3-7-25-28(21)50-32(34,35)49-25/h3-9,11,19,26,38H,10,12-18,36H2,1-2H3,(H,39,40,41,42)/t26-/m0/s1. The van der Waals surface area contributed by atoms with Crippen molar-refractivity contribution in [1.29, 1.82) is 0 Å². The van der Waals surface area contributed by atoms with Gasteiger partial charge in [-0.3, -0.25) is 9.88 Å². The molecule has 2 aliphatic rings. The van der Waals surface area contributed by atoms with Crippen LogP contribution in [0.5, 0.6) is 17.5 Å². The molecule has 51 heavy (non-hydrogen) atoms. The molecule has 0 bridgehead atoms. The SMILES string of the molecule is COc1nc(Nc2cc(S(C)(=O)=O)ccc2N[C@@H](c2cccc3c2OC(F)(F)O3)c2ncccc2Cl)nc(N2CCN(CCOCCN)CC2)n1. The van der Waals surface area contributed by atoms with Crippen molar-refractivity contribution < 1.29 is 36.1 Å². The van der Waals surface area contributed by atoms with E-state index in [1.54, 1.807) is 18.2 Å². The van der Waals surface area contributed by atoms with Gasteiger partial charge >= 0.3 is 12.3 Å². The van der Waals surface area contributed by atoms with E-state index in [1.807, 2.05) is 4.90 Å². The molecule has 2 aromatic carbocycles. The van der Waals surface area contributed by atoms with Gasteiger partial charge in [-0.05, 0) is 36.4 Å². The Kier molecular flexibility index (Phi) is 10.9. The first-order valence-electron chi connectivity index (χ1n) is 15.9. The number of aromatic nitrogens is 4. The zero-order valence-corrected chi connectivity index (χ0v) is 29.3. The average molecular weight is 748 g/mol. The van der Waals surface area contributed by atoms with Gasteiger partial charge in [-0.1, -0.05) is 23.7 Å². The molecule has 6 rings (SSSR count). The molecule has 0 unspecified atom stereocenters. The number of nitrogens with one attached hydrogen (secondary N) is 2. The summed E-state index contributed by atoms with van der Waals surface area (Å²) in [5.74, 6) is 0.0347. The Labute approximate surface area is 298 Å². The molecule has 0 spiro atoms. The molecule has 19 heteroatoms. The summed E-state index contributed by atoms with van der Waals surface area (Å²) < 4.78 is 74.4. The van der Waals surface area contributed by atoms with E-state index in [2.05, 4.69) is 35.5 Å². The minimum Gasteiger partial charge on any atom is -0.467 e. The zero-order valence-electron chi connectivity index (χ0n) is 27.7. The lowest BCUT2D eigenvalue weighted by atomic mass is 10.0. The quantitative estimate of drug-likeness (QED) is 0.159. The summed E-state index contributed by atoms with van der Waals surface area (Å²) in [5, 5.41) is 6.64. The number of benzene rings is 2. The number of sulfone groups is 1. The van der Waals surface area contributed by atoms with Gasteiger partial charge in [0.05, 0.1) is 53.4 Å². The lowest BCUT2D eigenvalue weighted by molar-refractivity contribution is -0.287. The number of anilines is 4. The van der Waals surface area contributed by atoms with Crippen LogP contribution in [0.3, 0.4) is 0 Å². The first-order chi connectivity index (χ1) is 24.4. The Bertz CT molecular complexity index is 1970. The number of alkyl halides is 2. The molecule has 4 N–H and O–H groups in total. The molecule has 4 heterocycles. The van der Waals surface area contributed by atoms with Gasteiger partial charge in [0, 0.05) is 57.3 Å². The highest BCUT2D eigenvalue weighted by molar-refractivity contribution is 7.90. The molecular weight excluding hydrogens is 712 g/mol. The fourth-order valence-electron chi connectivity index (χ4n) is 5.57. The molecule has 0 saturated carbocycles. The summed E-state index contributed by atoms with van der Waals surface area (Å²) in [6, 6.07) is 11.1. The topological polar surface area (TPSA) is 179 Å². The van der Waals surface area contributed by atoms with Crippen LogP contribution in [0.15, 0.2) is 59.6 Å². The number of piperazine rings is 1. The van der Waals surface area contributed by atoms with Gasteiger partial charge in [-0.25, -0.2) is 8.42 Å². The van der Waals surface area contributed by atoms with Crippen LogP contribution < -0.4 is 35.5 Å². The highest BCUT2D eigenvalue weighted by Gasteiger charge is 2.45. The van der Waals surface area contributed by atoms with Crippen LogP contribution in [0, 0.1) is 0 Å². The number of hydrogen-bond acceptors (Lipinski definition) is 15. The third kappa shape index (κ3) is 8.65. The van der Waals surface area contributed by atoms with E-state index < -0.39 is 22.2 Å². The highest BCUT2D eigenvalue weighted by Crippen LogP contribution is 2.48. The summed E-state index contributed by atoms with van der Waals surface area (Å²) in [4.78, 5) is 22.2. The smallest absolute Gasteiger partial charge is 0.467 e. The van der Waals surface area contributed by atoms with Crippen molar-refractivity contribution in [2.24, 2.45) is 5.73 Å². The number of methoxy groups -OCH3 is 1. The first-order valence-corrected chi connectivity index (χ1v) is 18.1. The van der Waals surface area contributed by atoms with Crippen LogP contribution in [0.25, 0.3) is 0 Å². The van der Waals surface area contributed by atoms with Crippen molar-refractivity contribution in [1.82, 2.24) is 24.8 Å². The lowest BCUT2D eigenvalue weighted by Crippen LogP contribution is -2.48. The second kappa shape index (κ2) is 15.3. The molecular formula is C32H36ClF2N9O6S. The van der Waals surface area contributed by atoms with Gasteiger partial charge in [-0.15, -0.1) is 8.78 Å².